The minimum absolute atomic E-state index is 0.372. The van der Waals surface area contributed by atoms with E-state index in [2.05, 4.69) is 56.4 Å². The highest BCUT2D eigenvalue weighted by molar-refractivity contribution is 6.53. The molecular formula is C28H40Cl8N4+4. The van der Waals surface area contributed by atoms with Crippen LogP contribution in [-0.2, 0) is 26.2 Å². The first kappa shape index (κ1) is 35.1. The van der Waals surface area contributed by atoms with Crippen molar-refractivity contribution in [1.82, 2.24) is 0 Å². The molecule has 224 valence electrons. The topological polar surface area (TPSA) is 0 Å². The van der Waals surface area contributed by atoms with Crippen molar-refractivity contribution in [1.29, 1.82) is 0 Å². The van der Waals surface area contributed by atoms with Gasteiger partial charge in [0.2, 0.25) is 0 Å². The van der Waals surface area contributed by atoms with E-state index in [9.17, 15) is 0 Å². The number of halogens is 8. The summed E-state index contributed by atoms with van der Waals surface area (Å²) in [5.41, 5.74) is 4.20. The van der Waals surface area contributed by atoms with Crippen LogP contribution in [0, 0.1) is 0 Å². The van der Waals surface area contributed by atoms with Crippen molar-refractivity contribution in [3.63, 3.8) is 0 Å². The van der Waals surface area contributed by atoms with Gasteiger partial charge in [0.1, 0.15) is 52.4 Å². The van der Waals surface area contributed by atoms with E-state index in [1.807, 2.05) is 0 Å². The van der Waals surface area contributed by atoms with Gasteiger partial charge in [0.05, 0.1) is 96.6 Å². The van der Waals surface area contributed by atoms with Crippen molar-refractivity contribution in [3.05, 3.63) is 62.4 Å². The second-order valence-corrected chi connectivity index (χ2v) is 16.8. The normalized spacial score (nSPS) is 17.4. The van der Waals surface area contributed by atoms with Crippen LogP contribution in [0.3, 0.4) is 0 Å². The SMILES string of the molecule is C[N+](C)(C)CC[N+]1(C)Cc2c(Cl)c(Cl)c(Cl)c(Cl)c2C1.C[N+](C)(C)CC[N+]1(C)Cc2c(Cl)c(Cl)c(Cl)c(Cl)c2C1. The molecule has 2 aromatic carbocycles. The molecule has 0 N–H and O–H groups in total. The number of nitrogens with zero attached hydrogens (tertiary/aromatic N) is 4. The van der Waals surface area contributed by atoms with Gasteiger partial charge < -0.3 is 17.9 Å². The predicted molar refractivity (Wildman–Crippen MR) is 176 cm³/mol. The summed E-state index contributed by atoms with van der Waals surface area (Å²) in [4.78, 5) is 0. The molecule has 0 saturated carbocycles. The zero-order chi connectivity index (χ0) is 30.6. The van der Waals surface area contributed by atoms with Gasteiger partial charge in [-0.15, -0.1) is 0 Å². The second kappa shape index (κ2) is 12.5. The summed E-state index contributed by atoms with van der Waals surface area (Å²) < 4.78 is 3.66. The monoisotopic (exact) mass is 712 g/mol. The number of likely N-dealkylation sites (N-methyl/N-ethyl adjacent to an activating group) is 4. The average molecular weight is 716 g/mol. The summed E-state index contributed by atoms with van der Waals surface area (Å²) in [7, 11) is 17.6. The molecule has 0 atom stereocenters. The van der Waals surface area contributed by atoms with Gasteiger partial charge in [-0.2, -0.15) is 0 Å². The molecule has 0 aromatic heterocycles. The number of hydrogen-bond acceptors (Lipinski definition) is 0. The molecule has 2 aliphatic rings. The summed E-state index contributed by atoms with van der Waals surface area (Å²) in [6, 6.07) is 0. The van der Waals surface area contributed by atoms with Gasteiger partial charge in [-0.05, 0) is 0 Å². The van der Waals surface area contributed by atoms with E-state index in [0.717, 1.165) is 92.5 Å². The maximum absolute atomic E-state index is 6.34. The van der Waals surface area contributed by atoms with Crippen LogP contribution in [0.25, 0.3) is 0 Å². The zero-order valence-corrected chi connectivity index (χ0v) is 30.5. The van der Waals surface area contributed by atoms with Crippen molar-refractivity contribution < 1.29 is 17.9 Å². The third-order valence-corrected chi connectivity index (χ3v) is 11.5. The van der Waals surface area contributed by atoms with Crippen molar-refractivity contribution in [3.8, 4) is 0 Å². The number of hydrogen-bond donors (Lipinski definition) is 0. The Labute approximate surface area is 280 Å². The predicted octanol–water partition coefficient (Wildman–Crippen LogP) is 8.93. The third kappa shape index (κ3) is 8.00. The highest BCUT2D eigenvalue weighted by atomic mass is 35.5. The first-order chi connectivity index (χ1) is 18.1. The van der Waals surface area contributed by atoms with E-state index in [-0.39, 0.29) is 0 Å². The quantitative estimate of drug-likeness (QED) is 0.159. The lowest BCUT2D eigenvalue weighted by Gasteiger charge is -2.33. The molecule has 0 unspecified atom stereocenters. The first-order valence-electron chi connectivity index (χ1n) is 13.0. The smallest absolute Gasteiger partial charge is 0.129 e. The van der Waals surface area contributed by atoms with E-state index in [1.54, 1.807) is 0 Å². The fourth-order valence-electron chi connectivity index (χ4n) is 5.14. The van der Waals surface area contributed by atoms with E-state index in [0.29, 0.717) is 40.2 Å². The van der Waals surface area contributed by atoms with E-state index in [4.69, 9.17) is 92.8 Å². The van der Waals surface area contributed by atoms with E-state index < -0.39 is 0 Å². The Bertz CT molecular complexity index is 1120. The summed E-state index contributed by atoms with van der Waals surface area (Å²) in [6.45, 7) is 7.69. The summed E-state index contributed by atoms with van der Waals surface area (Å²) in [6.07, 6.45) is 0. The Hall–Kier alpha value is 0.600. The number of quaternary nitrogens is 4. The molecule has 0 bridgehead atoms. The van der Waals surface area contributed by atoms with Gasteiger partial charge in [0, 0.05) is 22.3 Å². The molecule has 2 aromatic rings. The molecule has 0 aliphatic carbocycles. The number of fused-ring (bicyclic) bond motifs is 2. The molecule has 0 radical (unpaired) electrons. The third-order valence-electron chi connectivity index (χ3n) is 7.73. The van der Waals surface area contributed by atoms with Crippen LogP contribution >= 0.6 is 92.8 Å². The van der Waals surface area contributed by atoms with Crippen molar-refractivity contribution in [2.24, 2.45) is 0 Å². The Morgan fingerprint density at radius 2 is 0.625 bits per heavy atom. The van der Waals surface area contributed by atoms with Gasteiger partial charge in [0.15, 0.2) is 0 Å². The summed E-state index contributed by atoms with van der Waals surface area (Å²) in [5, 5.41) is 3.72. The Morgan fingerprint density at radius 3 is 0.800 bits per heavy atom. The van der Waals surface area contributed by atoms with Crippen LogP contribution < -0.4 is 0 Å². The fraction of sp³-hybridized carbons (Fsp3) is 0.571. The molecule has 0 amide bonds. The van der Waals surface area contributed by atoms with E-state index >= 15 is 0 Å². The fourth-order valence-corrected chi connectivity index (χ4v) is 7.24. The lowest BCUT2D eigenvalue weighted by atomic mass is 10.1. The van der Waals surface area contributed by atoms with Crippen LogP contribution in [0.2, 0.25) is 40.2 Å². The van der Waals surface area contributed by atoms with Gasteiger partial charge in [-0.3, -0.25) is 0 Å². The largest absolute Gasteiger partial charge is 0.326 e. The average Bonchev–Trinajstić information content (AvgIpc) is 3.40. The standard InChI is InChI=1S/2C14H20Cl4N2/c2*1-19(2,3)5-6-20(4)7-9-10(8-20)12(16)14(18)13(17)11(9)15/h2*5-8H2,1-4H3/q2*+2. The maximum Gasteiger partial charge on any atom is 0.129 e. The lowest BCUT2D eigenvalue weighted by molar-refractivity contribution is -0.961. The van der Waals surface area contributed by atoms with Crippen molar-refractivity contribution >= 4 is 92.8 Å². The van der Waals surface area contributed by atoms with Gasteiger partial charge >= 0.3 is 0 Å². The molecule has 2 aliphatic heterocycles. The first-order valence-corrected chi connectivity index (χ1v) is 16.1. The second-order valence-electron chi connectivity index (χ2n) is 13.8. The Kier molecular flexibility index (Phi) is 11.0. The van der Waals surface area contributed by atoms with Crippen molar-refractivity contribution in [2.45, 2.75) is 26.2 Å². The zero-order valence-electron chi connectivity index (χ0n) is 24.5. The molecule has 4 nitrogen and oxygen atoms in total. The molecule has 0 spiro atoms. The molecule has 40 heavy (non-hydrogen) atoms. The highest BCUT2D eigenvalue weighted by Gasteiger charge is 2.39. The molecule has 12 heteroatoms. The van der Waals surface area contributed by atoms with Crippen LogP contribution in [0.5, 0.6) is 0 Å². The lowest BCUT2D eigenvalue weighted by Crippen LogP contribution is -2.48. The minimum Gasteiger partial charge on any atom is -0.326 e. The molecular weight excluding hydrogens is 676 g/mol. The minimum atomic E-state index is 0.372. The maximum atomic E-state index is 6.34. The van der Waals surface area contributed by atoms with Gasteiger partial charge in [-0.1, -0.05) is 92.8 Å². The van der Waals surface area contributed by atoms with Crippen molar-refractivity contribution in [2.75, 3.05) is 82.6 Å². The van der Waals surface area contributed by atoms with E-state index in [1.165, 1.54) is 0 Å². The number of rotatable bonds is 6. The molecule has 0 saturated heterocycles. The summed E-state index contributed by atoms with van der Waals surface area (Å²) in [5.74, 6) is 0. The van der Waals surface area contributed by atoms with Crippen LogP contribution in [0.1, 0.15) is 22.3 Å². The van der Waals surface area contributed by atoms with Crippen LogP contribution in [-0.4, -0.2) is 100 Å². The van der Waals surface area contributed by atoms with Crippen LogP contribution in [0.4, 0.5) is 0 Å². The summed E-state index contributed by atoms with van der Waals surface area (Å²) >= 11 is 50.0. The molecule has 4 rings (SSSR count). The Morgan fingerprint density at radius 1 is 0.425 bits per heavy atom. The van der Waals surface area contributed by atoms with Gasteiger partial charge in [-0.25, -0.2) is 0 Å². The van der Waals surface area contributed by atoms with Crippen LogP contribution in [0.15, 0.2) is 0 Å². The number of benzene rings is 2. The highest BCUT2D eigenvalue weighted by Crippen LogP contribution is 2.47. The molecule has 0 fully saturated rings. The Balaban J connectivity index is 0.000000220. The molecule has 2 heterocycles. The van der Waals surface area contributed by atoms with Gasteiger partial charge in [0.25, 0.3) is 0 Å².